The predicted octanol–water partition coefficient (Wildman–Crippen LogP) is 1.76. The molecular weight excluding hydrogens is 268 g/mol. The molecule has 7 heteroatoms. The summed E-state index contributed by atoms with van der Waals surface area (Å²) < 4.78 is 26.2. The Hall–Kier alpha value is -0.300. The molecule has 1 atom stereocenters. The number of rotatable bonds is 5. The number of aromatic nitrogens is 1. The van der Waals surface area contributed by atoms with E-state index in [4.69, 9.17) is 11.6 Å². The maximum atomic E-state index is 11.8. The molecule has 0 spiro atoms. The lowest BCUT2D eigenvalue weighted by atomic mass is 10.5. The first-order chi connectivity index (χ1) is 7.47. The minimum atomic E-state index is -3.55. The molecule has 0 aromatic carbocycles. The molecule has 0 aliphatic rings. The van der Waals surface area contributed by atoms with Crippen molar-refractivity contribution in [1.29, 1.82) is 0 Å². The smallest absolute Gasteiger partial charge is 0.243 e. The predicted molar refractivity (Wildman–Crippen MR) is 67.4 cm³/mol. The van der Waals surface area contributed by atoms with Crippen LogP contribution in [0.2, 0.25) is 5.02 Å². The Morgan fingerprint density at radius 2 is 2.31 bits per heavy atom. The second-order valence-electron chi connectivity index (χ2n) is 3.20. The molecule has 0 fully saturated rings. The van der Waals surface area contributed by atoms with Crippen molar-refractivity contribution in [2.75, 3.05) is 12.8 Å². The quantitative estimate of drug-likeness (QED) is 0.893. The monoisotopic (exact) mass is 280 g/mol. The lowest BCUT2D eigenvalue weighted by Crippen LogP contribution is -2.29. The molecule has 0 aliphatic carbocycles. The summed E-state index contributed by atoms with van der Waals surface area (Å²) in [5.41, 5.74) is 0. The first kappa shape index (κ1) is 13.8. The first-order valence-corrected chi connectivity index (χ1v) is 7.74. The Morgan fingerprint density at radius 3 is 2.88 bits per heavy atom. The van der Waals surface area contributed by atoms with E-state index < -0.39 is 10.0 Å². The molecule has 0 saturated carbocycles. The SMILES string of the molecule is CSC(C)CNS(=O)(=O)c1cnccc1Cl. The van der Waals surface area contributed by atoms with E-state index in [1.165, 1.54) is 18.5 Å². The van der Waals surface area contributed by atoms with Crippen LogP contribution < -0.4 is 4.72 Å². The third-order valence-corrected chi connectivity index (χ3v) is 4.85. The van der Waals surface area contributed by atoms with E-state index in [-0.39, 0.29) is 15.2 Å². The third kappa shape index (κ3) is 3.62. The van der Waals surface area contributed by atoms with E-state index >= 15 is 0 Å². The lowest BCUT2D eigenvalue weighted by Gasteiger charge is -2.10. The molecule has 90 valence electrons. The van der Waals surface area contributed by atoms with Gasteiger partial charge in [0.1, 0.15) is 4.90 Å². The van der Waals surface area contributed by atoms with Crippen LogP contribution in [0.4, 0.5) is 0 Å². The van der Waals surface area contributed by atoms with Crippen LogP contribution in [0.5, 0.6) is 0 Å². The second-order valence-corrected chi connectivity index (χ2v) is 6.62. The summed E-state index contributed by atoms with van der Waals surface area (Å²) in [4.78, 5) is 3.77. The van der Waals surface area contributed by atoms with E-state index in [0.717, 1.165) is 0 Å². The van der Waals surface area contributed by atoms with Crippen molar-refractivity contribution in [3.8, 4) is 0 Å². The van der Waals surface area contributed by atoms with E-state index in [9.17, 15) is 8.42 Å². The molecule has 1 aromatic heterocycles. The van der Waals surface area contributed by atoms with Crippen LogP contribution in [0.3, 0.4) is 0 Å². The van der Waals surface area contributed by atoms with Gasteiger partial charge >= 0.3 is 0 Å². The minimum Gasteiger partial charge on any atom is -0.263 e. The number of nitrogens with zero attached hydrogens (tertiary/aromatic N) is 1. The largest absolute Gasteiger partial charge is 0.263 e. The van der Waals surface area contributed by atoms with Gasteiger partial charge in [-0.2, -0.15) is 11.8 Å². The topological polar surface area (TPSA) is 59.1 Å². The molecule has 0 saturated heterocycles. The van der Waals surface area contributed by atoms with E-state index in [2.05, 4.69) is 9.71 Å². The fourth-order valence-corrected chi connectivity index (χ4v) is 2.86. The van der Waals surface area contributed by atoms with E-state index in [0.29, 0.717) is 6.54 Å². The van der Waals surface area contributed by atoms with Gasteiger partial charge in [-0.15, -0.1) is 0 Å². The lowest BCUT2D eigenvalue weighted by molar-refractivity contribution is 0.581. The van der Waals surface area contributed by atoms with Gasteiger partial charge in [-0.3, -0.25) is 4.98 Å². The summed E-state index contributed by atoms with van der Waals surface area (Å²) in [7, 11) is -3.55. The number of hydrogen-bond donors (Lipinski definition) is 1. The summed E-state index contributed by atoms with van der Waals surface area (Å²) in [6.45, 7) is 2.31. The number of sulfonamides is 1. The fraction of sp³-hybridized carbons (Fsp3) is 0.444. The van der Waals surface area contributed by atoms with E-state index in [1.54, 1.807) is 11.8 Å². The van der Waals surface area contributed by atoms with Crippen LogP contribution >= 0.6 is 23.4 Å². The maximum Gasteiger partial charge on any atom is 0.243 e. The Kier molecular flexibility index (Phi) is 5.04. The summed E-state index contributed by atoms with van der Waals surface area (Å²) in [5, 5.41) is 0.393. The van der Waals surface area contributed by atoms with E-state index in [1.807, 2.05) is 13.2 Å². The normalized spacial score (nSPS) is 13.7. The van der Waals surface area contributed by atoms with Gasteiger partial charge in [0.2, 0.25) is 10.0 Å². The van der Waals surface area contributed by atoms with Gasteiger partial charge in [-0.1, -0.05) is 18.5 Å². The zero-order valence-corrected chi connectivity index (χ0v) is 11.4. The second kappa shape index (κ2) is 5.86. The minimum absolute atomic E-state index is 0.0185. The molecule has 1 heterocycles. The van der Waals surface area contributed by atoms with Gasteiger partial charge in [-0.05, 0) is 12.3 Å². The molecule has 1 unspecified atom stereocenters. The van der Waals surface area contributed by atoms with Crippen molar-refractivity contribution in [2.24, 2.45) is 0 Å². The van der Waals surface area contributed by atoms with Gasteiger partial charge in [0.15, 0.2) is 0 Å². The number of halogens is 1. The number of thioether (sulfide) groups is 1. The van der Waals surface area contributed by atoms with Gasteiger partial charge < -0.3 is 0 Å². The molecule has 4 nitrogen and oxygen atoms in total. The molecule has 0 aliphatic heterocycles. The van der Waals surface area contributed by atoms with Crippen LogP contribution in [0.1, 0.15) is 6.92 Å². The molecule has 1 N–H and O–H groups in total. The zero-order valence-electron chi connectivity index (χ0n) is 8.97. The molecule has 0 bridgehead atoms. The highest BCUT2D eigenvalue weighted by Crippen LogP contribution is 2.19. The summed E-state index contributed by atoms with van der Waals surface area (Å²) >= 11 is 7.38. The molecule has 16 heavy (non-hydrogen) atoms. The maximum absolute atomic E-state index is 11.8. The zero-order chi connectivity index (χ0) is 12.2. The van der Waals surface area contributed by atoms with Crippen LogP contribution in [0, 0.1) is 0 Å². The first-order valence-electron chi connectivity index (χ1n) is 4.59. The number of hydrogen-bond acceptors (Lipinski definition) is 4. The summed E-state index contributed by atoms with van der Waals surface area (Å²) in [6, 6.07) is 1.45. The van der Waals surface area contributed by atoms with Gasteiger partial charge in [0, 0.05) is 24.2 Å². The molecular formula is C9H13ClN2O2S2. The van der Waals surface area contributed by atoms with Gasteiger partial charge in [-0.25, -0.2) is 13.1 Å². The Labute approximate surface area is 105 Å². The summed E-state index contributed by atoms with van der Waals surface area (Å²) in [5.74, 6) is 0. The van der Waals surface area contributed by atoms with Crippen molar-refractivity contribution in [2.45, 2.75) is 17.1 Å². The average Bonchev–Trinajstić information content (AvgIpc) is 2.26. The van der Waals surface area contributed by atoms with Crippen LogP contribution in [-0.2, 0) is 10.0 Å². The highest BCUT2D eigenvalue weighted by Gasteiger charge is 2.18. The third-order valence-electron chi connectivity index (χ3n) is 1.99. The number of nitrogens with one attached hydrogen (secondary N) is 1. The Balaban J connectivity index is 2.83. The van der Waals surface area contributed by atoms with Crippen molar-refractivity contribution < 1.29 is 8.42 Å². The number of pyridine rings is 1. The van der Waals surface area contributed by atoms with Crippen molar-refractivity contribution in [3.63, 3.8) is 0 Å². The Bertz CT molecular complexity index is 451. The standard InChI is InChI=1S/C9H13ClN2O2S2/c1-7(15-2)5-12-16(13,14)9-6-11-4-3-8(9)10/h3-4,6-7,12H,5H2,1-2H3. The van der Waals surface area contributed by atoms with Crippen LogP contribution in [0.25, 0.3) is 0 Å². The van der Waals surface area contributed by atoms with Gasteiger partial charge in [0.05, 0.1) is 5.02 Å². The van der Waals surface area contributed by atoms with Crippen molar-refractivity contribution in [3.05, 3.63) is 23.5 Å². The Morgan fingerprint density at radius 1 is 1.62 bits per heavy atom. The molecule has 0 radical (unpaired) electrons. The van der Waals surface area contributed by atoms with Crippen LogP contribution in [-0.4, -0.2) is 31.5 Å². The highest BCUT2D eigenvalue weighted by molar-refractivity contribution is 7.99. The fourth-order valence-electron chi connectivity index (χ4n) is 0.949. The molecule has 0 amide bonds. The molecule has 1 rings (SSSR count). The highest BCUT2D eigenvalue weighted by atomic mass is 35.5. The summed E-state index contributed by atoms with van der Waals surface area (Å²) in [6.07, 6.45) is 4.62. The average molecular weight is 281 g/mol. The molecule has 1 aromatic rings. The van der Waals surface area contributed by atoms with Crippen LogP contribution in [0.15, 0.2) is 23.4 Å². The van der Waals surface area contributed by atoms with Crippen molar-refractivity contribution >= 4 is 33.4 Å². The van der Waals surface area contributed by atoms with Crippen molar-refractivity contribution in [1.82, 2.24) is 9.71 Å². The van der Waals surface area contributed by atoms with Gasteiger partial charge in [0.25, 0.3) is 0 Å².